The van der Waals surface area contributed by atoms with Crippen molar-refractivity contribution in [1.82, 2.24) is 10.3 Å². The predicted octanol–water partition coefficient (Wildman–Crippen LogP) is 4.98. The van der Waals surface area contributed by atoms with Crippen LogP contribution in [0.1, 0.15) is 34.5 Å². The average Bonchev–Trinajstić information content (AvgIpc) is 2.79. The molecule has 1 atom stereocenters. The summed E-state index contributed by atoms with van der Waals surface area (Å²) < 4.78 is 0. The van der Waals surface area contributed by atoms with Gasteiger partial charge in [0.1, 0.15) is 0 Å². The smallest absolute Gasteiger partial charge is 0.255 e. The zero-order chi connectivity index (χ0) is 22.7. The molecule has 4 rings (SSSR count). The molecule has 0 fully saturated rings. The molecule has 166 valence electrons. The molecule has 0 spiro atoms. The van der Waals surface area contributed by atoms with Gasteiger partial charge in [-0.2, -0.15) is 0 Å². The second-order valence-corrected chi connectivity index (χ2v) is 8.46. The van der Waals surface area contributed by atoms with Crippen LogP contribution < -0.4 is 15.5 Å². The van der Waals surface area contributed by atoms with Crippen LogP contribution in [0.5, 0.6) is 0 Å². The molecule has 2 heterocycles. The molecule has 0 bridgehead atoms. The van der Waals surface area contributed by atoms with Gasteiger partial charge in [0, 0.05) is 30.0 Å². The highest BCUT2D eigenvalue weighted by Gasteiger charge is 2.20. The van der Waals surface area contributed by atoms with E-state index in [0.717, 1.165) is 18.7 Å². The SMILES string of the molecule is CC1NCCc2ccc(NC(=O)c3ccc(Cl)c(N(CCO)c4ncccc4Cl)c3)cc21. The van der Waals surface area contributed by atoms with E-state index in [1.165, 1.54) is 11.1 Å². The molecular formula is C24H24Cl2N4O2. The van der Waals surface area contributed by atoms with Gasteiger partial charge in [0.2, 0.25) is 0 Å². The van der Waals surface area contributed by atoms with Gasteiger partial charge in [0.05, 0.1) is 22.3 Å². The van der Waals surface area contributed by atoms with Gasteiger partial charge in [0.15, 0.2) is 5.82 Å². The minimum Gasteiger partial charge on any atom is -0.395 e. The Kier molecular flexibility index (Phi) is 6.96. The zero-order valence-electron chi connectivity index (χ0n) is 17.6. The maximum Gasteiger partial charge on any atom is 0.255 e. The van der Waals surface area contributed by atoms with Crippen molar-refractivity contribution in [2.75, 3.05) is 29.9 Å². The summed E-state index contributed by atoms with van der Waals surface area (Å²) in [7, 11) is 0. The van der Waals surface area contributed by atoms with E-state index < -0.39 is 0 Å². The molecule has 0 saturated heterocycles. The Labute approximate surface area is 197 Å². The summed E-state index contributed by atoms with van der Waals surface area (Å²) in [6.07, 6.45) is 2.59. The Morgan fingerprint density at radius 3 is 2.84 bits per heavy atom. The summed E-state index contributed by atoms with van der Waals surface area (Å²) in [6, 6.07) is 14.7. The number of hydrogen-bond acceptors (Lipinski definition) is 5. The van der Waals surface area contributed by atoms with Crippen molar-refractivity contribution in [3.8, 4) is 0 Å². The van der Waals surface area contributed by atoms with Crippen LogP contribution in [0.2, 0.25) is 10.0 Å². The number of hydrogen-bond donors (Lipinski definition) is 3. The molecule has 1 aliphatic heterocycles. The third-order valence-corrected chi connectivity index (χ3v) is 6.15. The van der Waals surface area contributed by atoms with E-state index in [4.69, 9.17) is 23.2 Å². The molecule has 0 aliphatic carbocycles. The summed E-state index contributed by atoms with van der Waals surface area (Å²) in [5, 5.41) is 16.9. The number of pyridine rings is 1. The number of rotatable bonds is 6. The number of anilines is 3. The van der Waals surface area contributed by atoms with Crippen LogP contribution in [0.25, 0.3) is 0 Å². The van der Waals surface area contributed by atoms with E-state index in [-0.39, 0.29) is 25.1 Å². The molecule has 3 aromatic rings. The van der Waals surface area contributed by atoms with Crippen LogP contribution >= 0.6 is 23.2 Å². The van der Waals surface area contributed by atoms with Crippen molar-refractivity contribution in [2.24, 2.45) is 0 Å². The number of amides is 1. The highest BCUT2D eigenvalue weighted by molar-refractivity contribution is 6.35. The van der Waals surface area contributed by atoms with Gasteiger partial charge < -0.3 is 20.6 Å². The van der Waals surface area contributed by atoms with Crippen molar-refractivity contribution in [3.05, 3.63) is 81.5 Å². The molecule has 8 heteroatoms. The van der Waals surface area contributed by atoms with Crippen LogP contribution in [0, 0.1) is 0 Å². The third kappa shape index (κ3) is 4.74. The van der Waals surface area contributed by atoms with Crippen LogP contribution in [0.15, 0.2) is 54.7 Å². The largest absolute Gasteiger partial charge is 0.395 e. The third-order valence-electron chi connectivity index (χ3n) is 5.53. The molecule has 1 aliphatic rings. The van der Waals surface area contributed by atoms with Crippen LogP contribution in [-0.4, -0.2) is 35.7 Å². The fourth-order valence-electron chi connectivity index (χ4n) is 3.92. The molecule has 3 N–H and O–H groups in total. The quantitative estimate of drug-likeness (QED) is 0.473. The van der Waals surface area contributed by atoms with E-state index in [1.807, 2.05) is 12.1 Å². The number of benzene rings is 2. The highest BCUT2D eigenvalue weighted by atomic mass is 35.5. The number of carbonyl (C=O) groups excluding carboxylic acids is 1. The first-order chi connectivity index (χ1) is 15.5. The Hall–Kier alpha value is -2.64. The summed E-state index contributed by atoms with van der Waals surface area (Å²) >= 11 is 12.8. The first-order valence-corrected chi connectivity index (χ1v) is 11.2. The van der Waals surface area contributed by atoms with Crippen molar-refractivity contribution >= 4 is 46.3 Å². The number of nitrogens with one attached hydrogen (secondary N) is 2. The molecule has 32 heavy (non-hydrogen) atoms. The van der Waals surface area contributed by atoms with Gasteiger partial charge in [-0.25, -0.2) is 4.98 Å². The van der Waals surface area contributed by atoms with Crippen LogP contribution in [-0.2, 0) is 6.42 Å². The fourth-order valence-corrected chi connectivity index (χ4v) is 4.36. The van der Waals surface area contributed by atoms with Gasteiger partial charge in [-0.1, -0.05) is 29.3 Å². The Balaban J connectivity index is 1.62. The molecule has 1 unspecified atom stereocenters. The maximum atomic E-state index is 13.0. The number of halogens is 2. The summed E-state index contributed by atoms with van der Waals surface area (Å²) in [5.74, 6) is 0.203. The van der Waals surface area contributed by atoms with E-state index in [9.17, 15) is 9.90 Å². The number of aromatic nitrogens is 1. The lowest BCUT2D eigenvalue weighted by Gasteiger charge is -2.25. The minimum absolute atomic E-state index is 0.138. The van der Waals surface area contributed by atoms with Crippen molar-refractivity contribution in [2.45, 2.75) is 19.4 Å². The Bertz CT molecular complexity index is 1140. The lowest BCUT2D eigenvalue weighted by Crippen LogP contribution is -2.28. The normalized spacial score (nSPS) is 15.2. The number of nitrogens with zero attached hydrogens (tertiary/aromatic N) is 2. The van der Waals surface area contributed by atoms with Crippen molar-refractivity contribution in [3.63, 3.8) is 0 Å². The van der Waals surface area contributed by atoms with Crippen molar-refractivity contribution in [1.29, 1.82) is 0 Å². The first kappa shape index (κ1) is 22.6. The molecule has 0 radical (unpaired) electrons. The monoisotopic (exact) mass is 470 g/mol. The topological polar surface area (TPSA) is 77.5 Å². The van der Waals surface area contributed by atoms with Gasteiger partial charge in [-0.3, -0.25) is 4.79 Å². The average molecular weight is 471 g/mol. The molecule has 1 amide bonds. The van der Waals surface area contributed by atoms with Crippen LogP contribution in [0.3, 0.4) is 0 Å². The number of carbonyl (C=O) groups is 1. The first-order valence-electron chi connectivity index (χ1n) is 10.4. The van der Waals surface area contributed by atoms with Gasteiger partial charge >= 0.3 is 0 Å². The highest BCUT2D eigenvalue weighted by Crippen LogP contribution is 2.35. The van der Waals surface area contributed by atoms with Gasteiger partial charge in [-0.15, -0.1) is 0 Å². The lowest BCUT2D eigenvalue weighted by atomic mass is 9.95. The number of aliphatic hydroxyl groups is 1. The van der Waals surface area contributed by atoms with E-state index in [1.54, 1.807) is 41.4 Å². The summed E-state index contributed by atoms with van der Waals surface area (Å²) in [5.41, 5.74) is 4.21. The molecule has 0 saturated carbocycles. The Morgan fingerprint density at radius 1 is 1.22 bits per heavy atom. The zero-order valence-corrected chi connectivity index (χ0v) is 19.1. The van der Waals surface area contributed by atoms with Crippen LogP contribution in [0.4, 0.5) is 17.2 Å². The van der Waals surface area contributed by atoms with E-state index in [0.29, 0.717) is 27.1 Å². The molecule has 6 nitrogen and oxygen atoms in total. The molecule has 2 aromatic carbocycles. The second-order valence-electron chi connectivity index (χ2n) is 7.64. The summed E-state index contributed by atoms with van der Waals surface area (Å²) in [6.45, 7) is 3.16. The van der Waals surface area contributed by atoms with Gasteiger partial charge in [0.25, 0.3) is 5.91 Å². The standard InChI is InChI=1S/C24H24Cl2N4O2/c1-15-19-14-18(6-4-16(19)8-10-27-15)29-24(32)17-5-7-20(25)22(13-17)30(11-12-31)23-21(26)3-2-9-28-23/h2-7,9,13-15,27,31H,8,10-12H2,1H3,(H,29,32). The molecule has 1 aromatic heterocycles. The Morgan fingerprint density at radius 2 is 2.06 bits per heavy atom. The molecular weight excluding hydrogens is 447 g/mol. The van der Waals surface area contributed by atoms with Crippen molar-refractivity contribution < 1.29 is 9.90 Å². The van der Waals surface area contributed by atoms with E-state index >= 15 is 0 Å². The fraction of sp³-hybridized carbons (Fsp3) is 0.250. The predicted molar refractivity (Wildman–Crippen MR) is 129 cm³/mol. The maximum absolute atomic E-state index is 13.0. The summed E-state index contributed by atoms with van der Waals surface area (Å²) in [4.78, 5) is 19.1. The van der Waals surface area contributed by atoms with E-state index in [2.05, 4.69) is 28.6 Å². The van der Waals surface area contributed by atoms with Gasteiger partial charge in [-0.05, 0) is 73.5 Å². The number of aliphatic hydroxyl groups excluding tert-OH is 1. The lowest BCUT2D eigenvalue weighted by molar-refractivity contribution is 0.102. The number of fused-ring (bicyclic) bond motifs is 1. The minimum atomic E-state index is -0.254. The second kappa shape index (κ2) is 9.88.